The summed E-state index contributed by atoms with van der Waals surface area (Å²) in [7, 11) is -0.361. The fraction of sp³-hybridized carbons (Fsp3) is 0. The Hall–Kier alpha value is 0.130. The summed E-state index contributed by atoms with van der Waals surface area (Å²) in [6.07, 6.45) is 0. The van der Waals surface area contributed by atoms with Crippen molar-refractivity contribution in [2.75, 3.05) is 0 Å². The Labute approximate surface area is 37.6 Å². The van der Waals surface area contributed by atoms with Crippen molar-refractivity contribution in [3.8, 4) is 0 Å². The van der Waals surface area contributed by atoms with Crippen LogP contribution in [-0.2, 0) is 4.57 Å². The zero-order chi connectivity index (χ0) is 4.71. The quantitative estimate of drug-likeness (QED) is 0.345. The molecule has 0 saturated carbocycles. The molecular formula is C2H4ClOP. The van der Waals surface area contributed by atoms with Crippen LogP contribution >= 0.6 is 19.1 Å². The van der Waals surface area contributed by atoms with Crippen LogP contribution in [-0.4, -0.2) is 0 Å². The van der Waals surface area contributed by atoms with Crippen LogP contribution in [0.2, 0.25) is 0 Å². The van der Waals surface area contributed by atoms with Gasteiger partial charge in [-0.3, -0.25) is 4.57 Å². The zero-order valence-corrected chi connectivity index (χ0v) is 4.30. The van der Waals surface area contributed by atoms with E-state index in [0.717, 1.165) is 0 Å². The Bertz CT molecular complexity index is 23.6. The molecule has 0 aliphatic carbocycles. The molecule has 0 unspecified atom stereocenters. The minimum atomic E-state index is -0.361. The maximum absolute atomic E-state index is 8.67. The van der Waals surface area contributed by atoms with Crippen LogP contribution in [0.5, 0.6) is 0 Å². The van der Waals surface area contributed by atoms with E-state index >= 15 is 0 Å². The van der Waals surface area contributed by atoms with E-state index in [9.17, 15) is 0 Å². The monoisotopic (exact) mass is 110 g/mol. The van der Waals surface area contributed by atoms with Gasteiger partial charge in [0.15, 0.2) is 0 Å². The van der Waals surface area contributed by atoms with Gasteiger partial charge in [0.2, 0.25) is 0 Å². The molecule has 30 valence electrons. The molecule has 0 bridgehead atoms. The molecular weight excluding hydrogens is 106 g/mol. The van der Waals surface area contributed by atoms with Crippen LogP contribution < -0.4 is 0 Å². The highest BCUT2D eigenvalue weighted by Gasteiger charge is 1.33. The van der Waals surface area contributed by atoms with Gasteiger partial charge in [-0.05, 0) is 11.2 Å². The first-order chi connectivity index (χ1) is 2.41. The van der Waals surface area contributed by atoms with Crippen molar-refractivity contribution >= 4 is 19.1 Å². The van der Waals surface area contributed by atoms with Crippen LogP contribution in [0.25, 0.3) is 0 Å². The van der Waals surface area contributed by atoms with Crippen molar-refractivity contribution in [2.45, 2.75) is 0 Å². The summed E-state index contributed by atoms with van der Waals surface area (Å²) in [6, 6.07) is 0. The lowest BCUT2D eigenvalue weighted by Gasteiger charge is -1.16. The van der Waals surface area contributed by atoms with Crippen molar-refractivity contribution in [3.63, 3.8) is 0 Å². The van der Waals surface area contributed by atoms with Crippen molar-refractivity contribution in [1.29, 1.82) is 0 Å². The number of halogens is 1. The molecule has 0 N–H and O–H groups in total. The second-order valence-corrected chi connectivity index (χ2v) is 0.621. The summed E-state index contributed by atoms with van der Waals surface area (Å²) >= 11 is 4.42. The molecule has 0 saturated heterocycles. The van der Waals surface area contributed by atoms with E-state index in [1.54, 1.807) is 0 Å². The normalized spacial score (nSPS) is 5.00. The second kappa shape index (κ2) is 31.7. The standard InChI is InChI=1S/C2H4.ClOP/c1-2;1-3-2/h1-2H2;. The topological polar surface area (TPSA) is 17.1 Å². The highest BCUT2D eigenvalue weighted by Crippen LogP contribution is 1.92. The number of hydrogen-bond donors (Lipinski definition) is 0. The molecule has 5 heavy (non-hydrogen) atoms. The number of rotatable bonds is 0. The first-order valence-electron chi connectivity index (χ1n) is 0.852. The lowest BCUT2D eigenvalue weighted by molar-refractivity contribution is 0.605. The molecule has 0 aliphatic heterocycles. The Kier molecular flexibility index (Phi) is 56.6. The summed E-state index contributed by atoms with van der Waals surface area (Å²) < 4.78 is 8.67. The van der Waals surface area contributed by atoms with Gasteiger partial charge in [0.05, 0.1) is 0 Å². The van der Waals surface area contributed by atoms with Gasteiger partial charge < -0.3 is 0 Å². The summed E-state index contributed by atoms with van der Waals surface area (Å²) in [4.78, 5) is 0. The first-order valence-corrected chi connectivity index (χ1v) is 2.57. The molecule has 0 fully saturated rings. The van der Waals surface area contributed by atoms with Gasteiger partial charge in [0.25, 0.3) is 7.81 Å². The molecule has 0 spiro atoms. The molecule has 3 heteroatoms. The van der Waals surface area contributed by atoms with Crippen molar-refractivity contribution in [2.24, 2.45) is 0 Å². The first kappa shape index (κ1) is 8.93. The van der Waals surface area contributed by atoms with E-state index in [1.807, 2.05) is 0 Å². The van der Waals surface area contributed by atoms with Gasteiger partial charge in [-0.1, -0.05) is 0 Å². The third-order valence-corrected chi connectivity index (χ3v) is 0. The maximum atomic E-state index is 8.67. The second-order valence-electron chi connectivity index (χ2n) is 0.0690. The minimum Gasteiger partial charge on any atom is -0.256 e. The van der Waals surface area contributed by atoms with E-state index in [1.165, 1.54) is 0 Å². The summed E-state index contributed by atoms with van der Waals surface area (Å²) in [5, 5.41) is 0. The van der Waals surface area contributed by atoms with Gasteiger partial charge in [0.1, 0.15) is 0 Å². The molecule has 0 aromatic carbocycles. The van der Waals surface area contributed by atoms with Crippen LogP contribution in [0.15, 0.2) is 13.2 Å². The van der Waals surface area contributed by atoms with Crippen LogP contribution in [0.4, 0.5) is 0 Å². The predicted octanol–water partition coefficient (Wildman–Crippen LogP) is 2.23. The van der Waals surface area contributed by atoms with E-state index in [0.29, 0.717) is 0 Å². The van der Waals surface area contributed by atoms with Crippen molar-refractivity contribution in [3.05, 3.63) is 13.2 Å². The van der Waals surface area contributed by atoms with Crippen LogP contribution in [0.1, 0.15) is 0 Å². The minimum absolute atomic E-state index is 0.361. The average Bonchev–Trinajstić information content (AvgIpc) is 1.46. The fourth-order valence-electron chi connectivity index (χ4n) is 0. The third-order valence-electron chi connectivity index (χ3n) is 0. The lowest BCUT2D eigenvalue weighted by atomic mass is 11.3. The zero-order valence-electron chi connectivity index (χ0n) is 2.65. The van der Waals surface area contributed by atoms with Gasteiger partial charge in [-0.25, -0.2) is 0 Å². The van der Waals surface area contributed by atoms with E-state index in [4.69, 9.17) is 4.57 Å². The van der Waals surface area contributed by atoms with E-state index in [2.05, 4.69) is 24.4 Å². The molecule has 0 radical (unpaired) electrons. The third kappa shape index (κ3) is 1110. The Morgan fingerprint density at radius 3 is 1.60 bits per heavy atom. The highest BCUT2D eigenvalue weighted by molar-refractivity contribution is 7.57. The Morgan fingerprint density at radius 2 is 1.60 bits per heavy atom. The average molecular weight is 110 g/mol. The van der Waals surface area contributed by atoms with Crippen molar-refractivity contribution in [1.82, 2.24) is 0 Å². The van der Waals surface area contributed by atoms with Gasteiger partial charge in [-0.15, -0.1) is 13.2 Å². The highest BCUT2D eigenvalue weighted by atomic mass is 35.7. The number of hydrogen-bond acceptors (Lipinski definition) is 1. The summed E-state index contributed by atoms with van der Waals surface area (Å²) in [5.41, 5.74) is 0. The maximum Gasteiger partial charge on any atom is 0.267 e. The lowest BCUT2D eigenvalue weighted by Crippen LogP contribution is -0.706. The predicted molar refractivity (Wildman–Crippen MR) is 24.7 cm³/mol. The molecule has 0 aliphatic rings. The van der Waals surface area contributed by atoms with E-state index in [-0.39, 0.29) is 7.81 Å². The Morgan fingerprint density at radius 1 is 1.60 bits per heavy atom. The molecule has 0 heterocycles. The van der Waals surface area contributed by atoms with Crippen LogP contribution in [0, 0.1) is 0 Å². The summed E-state index contributed by atoms with van der Waals surface area (Å²) in [5.74, 6) is 0. The Balaban J connectivity index is 0. The van der Waals surface area contributed by atoms with Gasteiger partial charge >= 0.3 is 0 Å². The largest absolute Gasteiger partial charge is 0.267 e. The molecule has 0 rings (SSSR count). The molecule has 1 nitrogen and oxygen atoms in total. The molecule has 0 amide bonds. The van der Waals surface area contributed by atoms with Crippen molar-refractivity contribution < 1.29 is 4.57 Å². The molecule has 0 aromatic rings. The smallest absolute Gasteiger partial charge is 0.256 e. The summed E-state index contributed by atoms with van der Waals surface area (Å²) in [6.45, 7) is 6.00. The van der Waals surface area contributed by atoms with Gasteiger partial charge in [0, 0.05) is 0 Å². The fourth-order valence-corrected chi connectivity index (χ4v) is 0. The van der Waals surface area contributed by atoms with Crippen LogP contribution in [0.3, 0.4) is 0 Å². The van der Waals surface area contributed by atoms with E-state index < -0.39 is 0 Å². The SMILES string of the molecule is C=C.O=PCl. The molecule has 0 atom stereocenters. The molecule has 0 aromatic heterocycles. The van der Waals surface area contributed by atoms with Gasteiger partial charge in [-0.2, -0.15) is 0 Å².